The highest BCUT2D eigenvalue weighted by Crippen LogP contribution is 2.65. The van der Waals surface area contributed by atoms with Crippen molar-refractivity contribution in [1.29, 1.82) is 0 Å². The first-order chi connectivity index (χ1) is 22.6. The van der Waals surface area contributed by atoms with E-state index in [1.165, 1.54) is 27.9 Å². The van der Waals surface area contributed by atoms with Gasteiger partial charge in [-0.2, -0.15) is 0 Å². The highest BCUT2D eigenvalue weighted by atomic mass is 16.8. The monoisotopic (exact) mass is 672 g/mol. The first-order valence-electron chi connectivity index (χ1n) is 15.9. The van der Waals surface area contributed by atoms with E-state index in [4.69, 9.17) is 28.4 Å². The summed E-state index contributed by atoms with van der Waals surface area (Å²) in [4.78, 5) is 64.7. The smallest absolute Gasteiger partial charge is 0.352 e. The number of ether oxygens (including phenoxy) is 6. The van der Waals surface area contributed by atoms with Gasteiger partial charge in [0.15, 0.2) is 29.8 Å². The molecule has 15 nitrogen and oxygen atoms in total. The van der Waals surface area contributed by atoms with E-state index in [1.54, 1.807) is 6.08 Å². The molecule has 0 radical (unpaired) electrons. The molecule has 15 heteroatoms. The number of nitrogens with zero attached hydrogens (tertiary/aromatic N) is 1. The fourth-order valence-electron chi connectivity index (χ4n) is 7.88. The zero-order chi connectivity index (χ0) is 34.8. The quantitative estimate of drug-likeness (QED) is 0.221. The first kappa shape index (κ1) is 33.7. The highest BCUT2D eigenvalue weighted by molar-refractivity contribution is 5.89. The van der Waals surface area contributed by atoms with Crippen molar-refractivity contribution in [3.8, 4) is 11.5 Å². The van der Waals surface area contributed by atoms with Crippen LogP contribution in [0.25, 0.3) is 0 Å². The molecule has 7 atom stereocenters. The number of carboxylic acids is 1. The number of carbonyl (C=O) groups excluding carboxylic acids is 4. The second kappa shape index (κ2) is 12.0. The Bertz CT molecular complexity index is 1590. The summed E-state index contributed by atoms with van der Waals surface area (Å²) in [5.41, 5.74) is -0.242. The molecule has 2 bridgehead atoms. The van der Waals surface area contributed by atoms with Crippen LogP contribution >= 0.6 is 0 Å². The van der Waals surface area contributed by atoms with Crippen LogP contribution in [0.5, 0.6) is 11.5 Å². The van der Waals surface area contributed by atoms with Crippen LogP contribution in [0, 0.1) is 0 Å². The van der Waals surface area contributed by atoms with Crippen molar-refractivity contribution in [3.63, 3.8) is 0 Å². The number of carbonyl (C=O) groups is 5. The summed E-state index contributed by atoms with van der Waals surface area (Å²) in [6.07, 6.45) is -1.90. The zero-order valence-corrected chi connectivity index (χ0v) is 27.4. The van der Waals surface area contributed by atoms with Gasteiger partial charge in [-0.15, -0.1) is 0 Å². The molecule has 48 heavy (non-hydrogen) atoms. The van der Waals surface area contributed by atoms with E-state index in [0.29, 0.717) is 30.9 Å². The fraction of sp³-hybridized carbons (Fsp3) is 0.606. The second-order valence-electron chi connectivity index (χ2n) is 13.5. The van der Waals surface area contributed by atoms with Gasteiger partial charge in [-0.1, -0.05) is 6.07 Å². The maximum absolute atomic E-state index is 13.4. The summed E-state index contributed by atoms with van der Waals surface area (Å²) >= 11 is 0. The predicted octanol–water partition coefficient (Wildman–Crippen LogP) is 0.866. The van der Waals surface area contributed by atoms with Crippen LogP contribution in [-0.4, -0.2) is 107 Å². The molecule has 2 saturated heterocycles. The number of likely N-dealkylation sites (N-methyl/N-ethyl adjacent to an activating group) is 1. The molecule has 5 aliphatic rings. The third-order valence-corrected chi connectivity index (χ3v) is 10.1. The fourth-order valence-corrected chi connectivity index (χ4v) is 7.88. The molecule has 3 aliphatic heterocycles. The van der Waals surface area contributed by atoms with Crippen molar-refractivity contribution in [1.82, 2.24) is 10.2 Å². The van der Waals surface area contributed by atoms with E-state index in [0.717, 1.165) is 11.1 Å². The van der Waals surface area contributed by atoms with Crippen LogP contribution < -0.4 is 14.8 Å². The Labute approximate surface area is 276 Å². The van der Waals surface area contributed by atoms with Crippen LogP contribution in [0.15, 0.2) is 24.0 Å². The molecule has 0 saturated carbocycles. The lowest BCUT2D eigenvalue weighted by Gasteiger charge is -2.61. The minimum absolute atomic E-state index is 0.170. The second-order valence-corrected chi connectivity index (χ2v) is 13.5. The number of methoxy groups -OCH3 is 1. The highest BCUT2D eigenvalue weighted by Gasteiger charge is 2.72. The van der Waals surface area contributed by atoms with Gasteiger partial charge in [-0.3, -0.25) is 9.59 Å². The number of cyclic esters (lactones) is 1. The van der Waals surface area contributed by atoms with E-state index in [-0.39, 0.29) is 24.6 Å². The summed E-state index contributed by atoms with van der Waals surface area (Å²) in [5.74, 6) is -4.81. The standard InChI is InChI=1S/C33H40N2O13/c1-16(44-29(40)18(7-9-24(37)38)34-23(36)15-21-30(41)48-31(2,3)47-21)28(39)45-20-10-11-33(42)22-14-17-6-8-19(43-5)26-25(17)32(33,27(20)46-26)12-13-35(22)4/h6,8,10,16,18,21-22,27,42H,7,9,11-15H2,1-5H3,(H,34,36)(H,37,38)/t16?,18?,21-,22+,27-,32-,33+/m0/s1. The number of amides is 1. The molecule has 3 heterocycles. The number of hydrogen-bond acceptors (Lipinski definition) is 13. The van der Waals surface area contributed by atoms with E-state index < -0.39 is 83.8 Å². The number of likely N-dealkylation sites (tertiary alicyclic amines) is 1. The Morgan fingerprint density at radius 2 is 1.94 bits per heavy atom. The number of nitrogens with one attached hydrogen (secondary N) is 1. The molecule has 2 aliphatic carbocycles. The van der Waals surface area contributed by atoms with Gasteiger partial charge in [0, 0.05) is 38.3 Å². The number of piperidine rings is 1. The molecule has 6 rings (SSSR count). The summed E-state index contributed by atoms with van der Waals surface area (Å²) in [5, 5.41) is 23.9. The van der Waals surface area contributed by atoms with Crippen LogP contribution in [-0.2, 0) is 54.8 Å². The van der Waals surface area contributed by atoms with E-state index in [9.17, 15) is 34.2 Å². The molecule has 2 fully saturated rings. The van der Waals surface area contributed by atoms with Crippen molar-refractivity contribution in [2.45, 2.75) is 106 Å². The summed E-state index contributed by atoms with van der Waals surface area (Å²) in [6, 6.07) is 2.16. The number of esters is 3. The zero-order valence-electron chi connectivity index (χ0n) is 27.4. The Hall–Kier alpha value is -4.21. The van der Waals surface area contributed by atoms with Crippen LogP contribution in [0.1, 0.15) is 64.0 Å². The molecular formula is C33H40N2O13. The number of hydrogen-bond donors (Lipinski definition) is 3. The molecule has 3 N–H and O–H groups in total. The molecule has 1 spiro atoms. The lowest BCUT2D eigenvalue weighted by atomic mass is 9.50. The number of carboxylic acid groups (broad SMARTS) is 1. The van der Waals surface area contributed by atoms with Gasteiger partial charge in [-0.25, -0.2) is 14.4 Å². The maximum atomic E-state index is 13.4. The van der Waals surface area contributed by atoms with Gasteiger partial charge in [0.1, 0.15) is 11.8 Å². The van der Waals surface area contributed by atoms with Gasteiger partial charge in [0.25, 0.3) is 0 Å². The van der Waals surface area contributed by atoms with Gasteiger partial charge in [-0.05, 0) is 57.5 Å². The molecule has 2 unspecified atom stereocenters. The number of aliphatic hydroxyl groups is 1. The Kier molecular flexibility index (Phi) is 8.45. The lowest BCUT2D eigenvalue weighted by Crippen LogP contribution is -2.74. The van der Waals surface area contributed by atoms with Crippen LogP contribution in [0.3, 0.4) is 0 Å². The van der Waals surface area contributed by atoms with E-state index in [1.807, 2.05) is 19.2 Å². The van der Waals surface area contributed by atoms with Crippen LogP contribution in [0.2, 0.25) is 0 Å². The van der Waals surface area contributed by atoms with Gasteiger partial charge < -0.3 is 48.9 Å². The lowest BCUT2D eigenvalue weighted by molar-refractivity contribution is -0.176. The number of benzene rings is 1. The van der Waals surface area contributed by atoms with Crippen LogP contribution in [0.4, 0.5) is 0 Å². The largest absolute Gasteiger partial charge is 0.493 e. The molecule has 260 valence electrons. The predicted molar refractivity (Wildman–Crippen MR) is 162 cm³/mol. The minimum atomic E-state index is -1.47. The van der Waals surface area contributed by atoms with E-state index >= 15 is 0 Å². The Balaban J connectivity index is 1.17. The first-order valence-corrected chi connectivity index (χ1v) is 15.9. The number of aliphatic carboxylic acids is 1. The third kappa shape index (κ3) is 5.47. The topological polar surface area (TPSA) is 196 Å². The average Bonchev–Trinajstić information content (AvgIpc) is 3.50. The summed E-state index contributed by atoms with van der Waals surface area (Å²) < 4.78 is 33.7. The van der Waals surface area contributed by atoms with Crippen molar-refractivity contribution in [2.24, 2.45) is 0 Å². The van der Waals surface area contributed by atoms with Gasteiger partial charge >= 0.3 is 23.9 Å². The Morgan fingerprint density at radius 3 is 2.60 bits per heavy atom. The molecule has 0 aromatic heterocycles. The molecular weight excluding hydrogens is 632 g/mol. The van der Waals surface area contributed by atoms with E-state index in [2.05, 4.69) is 10.2 Å². The molecule has 1 amide bonds. The van der Waals surface area contributed by atoms with Crippen molar-refractivity contribution < 1.29 is 62.6 Å². The SMILES string of the molecule is COc1ccc2c3c1O[C@H]1C(OC(=O)C(C)OC(=O)C(CCC(=O)O)NC(=O)C[C@@H]4OC(C)(C)OC4=O)=CC[C@@]4(O)[C@@H](C2)N(C)CC[C@]314. The molecule has 1 aromatic rings. The van der Waals surface area contributed by atoms with Gasteiger partial charge in [0.05, 0.1) is 24.5 Å². The normalized spacial score (nSPS) is 30.5. The molecule has 1 aromatic carbocycles. The average molecular weight is 673 g/mol. The van der Waals surface area contributed by atoms with Gasteiger partial charge in [0.2, 0.25) is 11.7 Å². The summed E-state index contributed by atoms with van der Waals surface area (Å²) in [6.45, 7) is 4.97. The third-order valence-electron chi connectivity index (χ3n) is 10.1. The van der Waals surface area contributed by atoms with Crippen molar-refractivity contribution in [3.05, 3.63) is 35.1 Å². The Morgan fingerprint density at radius 1 is 1.19 bits per heavy atom. The maximum Gasteiger partial charge on any atom is 0.352 e. The van der Waals surface area contributed by atoms with Crippen molar-refractivity contribution in [2.75, 3.05) is 20.7 Å². The van der Waals surface area contributed by atoms with Crippen molar-refractivity contribution >= 4 is 29.8 Å². The number of rotatable bonds is 11. The minimum Gasteiger partial charge on any atom is -0.493 e. The summed E-state index contributed by atoms with van der Waals surface area (Å²) in [7, 11) is 3.51.